The maximum absolute atomic E-state index is 9.73. The van der Waals surface area contributed by atoms with Crippen molar-refractivity contribution in [3.63, 3.8) is 0 Å². The van der Waals surface area contributed by atoms with E-state index in [2.05, 4.69) is 10.4 Å². The van der Waals surface area contributed by atoms with Crippen LogP contribution in [-0.4, -0.2) is 55.5 Å². The first-order valence-corrected chi connectivity index (χ1v) is 7.94. The second kappa shape index (κ2) is 8.24. The summed E-state index contributed by atoms with van der Waals surface area (Å²) in [6.45, 7) is 1.61. The molecule has 1 aromatic carbocycles. The summed E-state index contributed by atoms with van der Waals surface area (Å²) in [5.74, 6) is 0.840. The molecular weight excluding hydrogens is 300 g/mol. The van der Waals surface area contributed by atoms with Crippen LogP contribution in [0.3, 0.4) is 0 Å². The van der Waals surface area contributed by atoms with Gasteiger partial charge in [-0.25, -0.2) is 4.98 Å². The number of aromatic nitrogens is 1. The highest BCUT2D eigenvalue weighted by molar-refractivity contribution is 7.13. The molecule has 0 amide bonds. The lowest BCUT2D eigenvalue weighted by molar-refractivity contribution is 0.0417. The van der Waals surface area contributed by atoms with E-state index in [0.29, 0.717) is 19.7 Å². The molecule has 0 radical (unpaired) electrons. The van der Waals surface area contributed by atoms with E-state index in [9.17, 15) is 5.11 Å². The van der Waals surface area contributed by atoms with Crippen LogP contribution in [0, 0.1) is 0 Å². The van der Waals surface area contributed by atoms with Gasteiger partial charge in [0.1, 0.15) is 10.8 Å². The Balaban J connectivity index is 1.95. The van der Waals surface area contributed by atoms with Crippen molar-refractivity contribution in [3.05, 3.63) is 35.3 Å². The molecule has 0 bridgehead atoms. The van der Waals surface area contributed by atoms with E-state index in [1.807, 2.05) is 36.2 Å². The monoisotopic (exact) mass is 322 g/mol. The van der Waals surface area contributed by atoms with Gasteiger partial charge < -0.3 is 14.6 Å². The van der Waals surface area contributed by atoms with Gasteiger partial charge in [-0.2, -0.15) is 0 Å². The van der Waals surface area contributed by atoms with Crippen LogP contribution in [0.2, 0.25) is 0 Å². The molecule has 2 aromatic rings. The third-order valence-corrected chi connectivity index (χ3v) is 4.14. The largest absolute Gasteiger partial charge is 0.497 e. The van der Waals surface area contributed by atoms with Crippen LogP contribution in [0.1, 0.15) is 5.69 Å². The molecule has 1 N–H and O–H groups in total. The van der Waals surface area contributed by atoms with E-state index in [0.717, 1.165) is 22.0 Å². The van der Waals surface area contributed by atoms with Gasteiger partial charge in [0.2, 0.25) is 0 Å². The number of hydrogen-bond donors (Lipinski definition) is 1. The van der Waals surface area contributed by atoms with E-state index < -0.39 is 6.10 Å². The lowest BCUT2D eigenvalue weighted by Crippen LogP contribution is -2.31. The molecule has 0 saturated heterocycles. The van der Waals surface area contributed by atoms with Crippen molar-refractivity contribution in [2.45, 2.75) is 12.6 Å². The second-order valence-electron chi connectivity index (χ2n) is 5.18. The van der Waals surface area contributed by atoms with Crippen molar-refractivity contribution in [1.82, 2.24) is 9.88 Å². The van der Waals surface area contributed by atoms with Crippen molar-refractivity contribution < 1.29 is 14.6 Å². The molecule has 0 aliphatic heterocycles. The van der Waals surface area contributed by atoms with Crippen molar-refractivity contribution in [1.29, 1.82) is 0 Å². The maximum Gasteiger partial charge on any atom is 0.123 e. The number of nitrogens with zero attached hydrogens (tertiary/aromatic N) is 2. The quantitative estimate of drug-likeness (QED) is 0.808. The highest BCUT2D eigenvalue weighted by Crippen LogP contribution is 2.26. The Kier molecular flexibility index (Phi) is 6.33. The summed E-state index contributed by atoms with van der Waals surface area (Å²) < 4.78 is 10.1. The van der Waals surface area contributed by atoms with Crippen LogP contribution < -0.4 is 4.74 Å². The molecule has 0 spiro atoms. The van der Waals surface area contributed by atoms with Crippen LogP contribution in [0.4, 0.5) is 0 Å². The van der Waals surface area contributed by atoms with Crippen molar-refractivity contribution in [2.75, 3.05) is 34.4 Å². The SMILES string of the molecule is COCC(O)CN(C)Cc1csc(-c2ccc(OC)cc2)n1. The first-order chi connectivity index (χ1) is 10.6. The predicted molar refractivity (Wildman–Crippen MR) is 88.3 cm³/mol. The molecule has 1 aromatic heterocycles. The minimum Gasteiger partial charge on any atom is -0.497 e. The Morgan fingerprint density at radius 2 is 2.00 bits per heavy atom. The predicted octanol–water partition coefficient (Wildman–Crippen LogP) is 2.26. The molecule has 0 aliphatic rings. The number of aliphatic hydroxyl groups excluding tert-OH is 1. The summed E-state index contributed by atoms with van der Waals surface area (Å²) in [4.78, 5) is 6.69. The molecule has 0 fully saturated rings. The third kappa shape index (κ3) is 4.78. The van der Waals surface area contributed by atoms with Crippen LogP contribution >= 0.6 is 11.3 Å². The second-order valence-corrected chi connectivity index (χ2v) is 6.04. The summed E-state index contributed by atoms with van der Waals surface area (Å²) >= 11 is 1.62. The van der Waals surface area contributed by atoms with Gasteiger partial charge in [-0.3, -0.25) is 4.90 Å². The number of benzene rings is 1. The molecule has 120 valence electrons. The minimum absolute atomic E-state index is 0.346. The standard InChI is InChI=1S/C16H22N2O3S/c1-18(9-14(19)10-20-2)8-13-11-22-16(17-13)12-4-6-15(21-3)7-5-12/h4-7,11,14,19H,8-10H2,1-3H3. The zero-order valence-electron chi connectivity index (χ0n) is 13.2. The number of ether oxygens (including phenoxy) is 2. The van der Waals surface area contributed by atoms with Crippen molar-refractivity contribution in [3.8, 4) is 16.3 Å². The van der Waals surface area contributed by atoms with E-state index in [4.69, 9.17) is 9.47 Å². The Morgan fingerprint density at radius 3 is 2.64 bits per heavy atom. The maximum atomic E-state index is 9.73. The van der Waals surface area contributed by atoms with Gasteiger partial charge in [0.05, 0.1) is 25.5 Å². The number of likely N-dealkylation sites (N-methyl/N-ethyl adjacent to an activating group) is 1. The van der Waals surface area contributed by atoms with E-state index >= 15 is 0 Å². The average molecular weight is 322 g/mol. The Labute approximate surface area is 135 Å². The van der Waals surface area contributed by atoms with Crippen LogP contribution in [0.15, 0.2) is 29.6 Å². The molecule has 1 unspecified atom stereocenters. The van der Waals surface area contributed by atoms with Crippen LogP contribution in [0.5, 0.6) is 5.75 Å². The highest BCUT2D eigenvalue weighted by atomic mass is 32.1. The lowest BCUT2D eigenvalue weighted by atomic mass is 10.2. The van der Waals surface area contributed by atoms with E-state index in [-0.39, 0.29) is 0 Å². The summed E-state index contributed by atoms with van der Waals surface area (Å²) in [5.41, 5.74) is 2.09. The Bertz CT molecular complexity index is 571. The number of hydrogen-bond acceptors (Lipinski definition) is 6. The summed E-state index contributed by atoms with van der Waals surface area (Å²) in [6.07, 6.45) is -0.477. The molecule has 0 saturated carbocycles. The number of methoxy groups -OCH3 is 2. The zero-order valence-corrected chi connectivity index (χ0v) is 14.0. The number of thiazole rings is 1. The molecule has 6 heteroatoms. The molecular formula is C16H22N2O3S. The van der Waals surface area contributed by atoms with Gasteiger partial charge in [0.15, 0.2) is 0 Å². The van der Waals surface area contributed by atoms with Crippen molar-refractivity contribution >= 4 is 11.3 Å². The molecule has 2 rings (SSSR count). The smallest absolute Gasteiger partial charge is 0.123 e. The van der Waals surface area contributed by atoms with Gasteiger partial charge in [-0.15, -0.1) is 11.3 Å². The number of rotatable bonds is 8. The zero-order chi connectivity index (χ0) is 15.9. The average Bonchev–Trinajstić information content (AvgIpc) is 2.95. The van der Waals surface area contributed by atoms with Crippen LogP contribution in [-0.2, 0) is 11.3 Å². The van der Waals surface area contributed by atoms with E-state index in [1.165, 1.54) is 0 Å². The molecule has 1 atom stereocenters. The van der Waals surface area contributed by atoms with Crippen molar-refractivity contribution in [2.24, 2.45) is 0 Å². The lowest BCUT2D eigenvalue weighted by Gasteiger charge is -2.18. The van der Waals surface area contributed by atoms with Crippen LogP contribution in [0.25, 0.3) is 10.6 Å². The fraction of sp³-hybridized carbons (Fsp3) is 0.438. The molecule has 0 aliphatic carbocycles. The molecule has 5 nitrogen and oxygen atoms in total. The summed E-state index contributed by atoms with van der Waals surface area (Å²) in [7, 11) is 5.21. The van der Waals surface area contributed by atoms with Gasteiger partial charge in [0, 0.05) is 31.1 Å². The Morgan fingerprint density at radius 1 is 1.27 bits per heavy atom. The van der Waals surface area contributed by atoms with Gasteiger partial charge >= 0.3 is 0 Å². The topological polar surface area (TPSA) is 54.8 Å². The Hall–Kier alpha value is -1.47. The van der Waals surface area contributed by atoms with Gasteiger partial charge in [-0.1, -0.05) is 0 Å². The highest BCUT2D eigenvalue weighted by Gasteiger charge is 2.11. The summed E-state index contributed by atoms with van der Waals surface area (Å²) in [5, 5.41) is 12.8. The van der Waals surface area contributed by atoms with E-state index in [1.54, 1.807) is 25.6 Å². The number of aliphatic hydroxyl groups is 1. The molecule has 1 heterocycles. The van der Waals surface area contributed by atoms with Gasteiger partial charge in [-0.05, 0) is 31.3 Å². The fourth-order valence-corrected chi connectivity index (χ4v) is 3.01. The molecule has 22 heavy (non-hydrogen) atoms. The minimum atomic E-state index is -0.477. The first kappa shape index (κ1) is 16.9. The third-order valence-electron chi connectivity index (χ3n) is 3.20. The van der Waals surface area contributed by atoms with Gasteiger partial charge in [0.25, 0.3) is 0 Å². The first-order valence-electron chi connectivity index (χ1n) is 7.06. The summed E-state index contributed by atoms with van der Waals surface area (Å²) in [6, 6.07) is 7.88. The fourth-order valence-electron chi connectivity index (χ4n) is 2.19. The normalized spacial score (nSPS) is 12.6.